The fourth-order valence-corrected chi connectivity index (χ4v) is 0.661. The van der Waals surface area contributed by atoms with Gasteiger partial charge in [0, 0.05) is 0 Å². The monoisotopic (exact) mass is 195 g/mol. The third-order valence-corrected chi connectivity index (χ3v) is 1.34. The molecule has 0 aliphatic carbocycles. The lowest BCUT2D eigenvalue weighted by Crippen LogP contribution is -2.14. The van der Waals surface area contributed by atoms with Crippen molar-refractivity contribution in [2.45, 2.75) is 19.8 Å². The van der Waals surface area contributed by atoms with E-state index < -0.39 is 23.9 Å². The molecule has 0 aliphatic heterocycles. The van der Waals surface area contributed by atoms with Gasteiger partial charge in [0.25, 0.3) is 0 Å². The maximum atomic E-state index is 10.6. The molecule has 6 heteroatoms. The van der Waals surface area contributed by atoms with E-state index in [1.807, 2.05) is 6.92 Å². The highest BCUT2D eigenvalue weighted by atomic mass is 32.2. The number of esters is 1. The molecular formula is C6H11O5S-. The van der Waals surface area contributed by atoms with Crippen molar-refractivity contribution in [3.05, 3.63) is 0 Å². The van der Waals surface area contributed by atoms with Gasteiger partial charge in [0.15, 0.2) is 6.61 Å². The molecule has 1 unspecified atom stereocenters. The zero-order chi connectivity index (χ0) is 9.40. The summed E-state index contributed by atoms with van der Waals surface area (Å²) in [6.45, 7) is 1.72. The van der Waals surface area contributed by atoms with Crippen molar-refractivity contribution in [2.75, 3.05) is 13.2 Å². The Labute approximate surface area is 73.5 Å². The van der Waals surface area contributed by atoms with E-state index in [0.29, 0.717) is 6.61 Å². The van der Waals surface area contributed by atoms with Crippen LogP contribution in [0.4, 0.5) is 0 Å². The average Bonchev–Trinajstić information content (AvgIpc) is 2.01. The van der Waals surface area contributed by atoms with Crippen molar-refractivity contribution >= 4 is 17.3 Å². The van der Waals surface area contributed by atoms with Gasteiger partial charge in [-0.3, -0.25) is 4.18 Å². The van der Waals surface area contributed by atoms with Crippen LogP contribution in [0, 0.1) is 0 Å². The standard InChI is InChI=1S/C6H12O5S/c1-2-3-4-10-6(7)5-11-12(8)9/h2-5H2,1H3,(H,8,9)/p-1. The number of carbonyl (C=O) groups excluding carboxylic acids is 1. The maximum absolute atomic E-state index is 10.6. The fourth-order valence-electron chi connectivity index (χ4n) is 0.468. The van der Waals surface area contributed by atoms with Gasteiger partial charge in [-0.1, -0.05) is 13.3 Å². The maximum Gasteiger partial charge on any atom is 0.333 e. The lowest BCUT2D eigenvalue weighted by Gasteiger charge is -2.05. The topological polar surface area (TPSA) is 75.7 Å². The molecule has 0 amide bonds. The first kappa shape index (κ1) is 11.5. The molecule has 0 radical (unpaired) electrons. The van der Waals surface area contributed by atoms with Crippen LogP contribution in [0.25, 0.3) is 0 Å². The van der Waals surface area contributed by atoms with Gasteiger partial charge in [0.05, 0.1) is 18.0 Å². The highest BCUT2D eigenvalue weighted by Gasteiger charge is 2.01. The first-order valence-corrected chi connectivity index (χ1v) is 4.55. The second-order valence-electron chi connectivity index (χ2n) is 2.04. The SMILES string of the molecule is CCCCOC(=O)COS(=O)[O-]. The van der Waals surface area contributed by atoms with E-state index in [-0.39, 0.29) is 0 Å². The van der Waals surface area contributed by atoms with E-state index >= 15 is 0 Å². The van der Waals surface area contributed by atoms with Crippen LogP contribution in [0.15, 0.2) is 0 Å². The highest BCUT2D eigenvalue weighted by molar-refractivity contribution is 7.74. The number of unbranched alkanes of at least 4 members (excludes halogenated alkanes) is 1. The van der Waals surface area contributed by atoms with E-state index in [9.17, 15) is 13.6 Å². The fraction of sp³-hybridized carbons (Fsp3) is 0.833. The lowest BCUT2D eigenvalue weighted by atomic mass is 10.4. The van der Waals surface area contributed by atoms with Gasteiger partial charge in [-0.25, -0.2) is 9.00 Å². The third-order valence-electron chi connectivity index (χ3n) is 1.03. The molecule has 0 saturated carbocycles. The molecule has 0 fully saturated rings. The van der Waals surface area contributed by atoms with Crippen LogP contribution in [-0.2, 0) is 25.1 Å². The predicted molar refractivity (Wildman–Crippen MR) is 40.7 cm³/mol. The average molecular weight is 195 g/mol. The first-order chi connectivity index (χ1) is 5.66. The zero-order valence-corrected chi connectivity index (χ0v) is 7.59. The van der Waals surface area contributed by atoms with Gasteiger partial charge < -0.3 is 9.29 Å². The van der Waals surface area contributed by atoms with E-state index in [1.54, 1.807) is 0 Å². The van der Waals surface area contributed by atoms with Gasteiger partial charge in [-0.15, -0.1) is 0 Å². The molecule has 0 aromatic rings. The highest BCUT2D eigenvalue weighted by Crippen LogP contribution is 1.89. The van der Waals surface area contributed by atoms with Crippen molar-refractivity contribution < 1.29 is 22.5 Å². The summed E-state index contributed by atoms with van der Waals surface area (Å²) in [6, 6.07) is 0. The second-order valence-corrected chi connectivity index (χ2v) is 2.68. The third kappa shape index (κ3) is 7.64. The lowest BCUT2D eigenvalue weighted by molar-refractivity contribution is -0.146. The first-order valence-electron chi connectivity index (χ1n) is 3.55. The van der Waals surface area contributed by atoms with Crippen LogP contribution < -0.4 is 0 Å². The minimum absolute atomic E-state index is 0.310. The molecule has 0 aliphatic rings. The zero-order valence-electron chi connectivity index (χ0n) is 6.78. The Morgan fingerprint density at radius 2 is 2.25 bits per heavy atom. The smallest absolute Gasteiger partial charge is 0.333 e. The van der Waals surface area contributed by atoms with Crippen molar-refractivity contribution in [3.63, 3.8) is 0 Å². The predicted octanol–water partition coefficient (Wildman–Crippen LogP) is 0.140. The Hall–Kier alpha value is -0.460. The molecule has 0 aromatic heterocycles. The number of carbonyl (C=O) groups is 1. The Morgan fingerprint density at radius 1 is 1.58 bits per heavy atom. The number of hydrogen-bond acceptors (Lipinski definition) is 5. The van der Waals surface area contributed by atoms with Gasteiger partial charge in [-0.2, -0.15) is 0 Å². The Bertz CT molecular complexity index is 158. The summed E-state index contributed by atoms with van der Waals surface area (Å²) in [7, 11) is 0. The van der Waals surface area contributed by atoms with E-state index in [4.69, 9.17) is 0 Å². The molecule has 0 aromatic carbocycles. The van der Waals surface area contributed by atoms with E-state index in [2.05, 4.69) is 8.92 Å². The largest absolute Gasteiger partial charge is 0.750 e. The van der Waals surface area contributed by atoms with Crippen molar-refractivity contribution in [1.82, 2.24) is 0 Å². The normalized spacial score (nSPS) is 12.5. The van der Waals surface area contributed by atoms with Crippen LogP contribution >= 0.6 is 0 Å². The van der Waals surface area contributed by atoms with E-state index in [1.165, 1.54) is 0 Å². The summed E-state index contributed by atoms with van der Waals surface area (Å²) in [5.41, 5.74) is 0. The molecule has 0 N–H and O–H groups in total. The molecule has 5 nitrogen and oxygen atoms in total. The summed E-state index contributed by atoms with van der Waals surface area (Å²) < 4.78 is 28.2. The summed E-state index contributed by atoms with van der Waals surface area (Å²) in [5, 5.41) is 0. The number of ether oxygens (including phenoxy) is 1. The van der Waals surface area contributed by atoms with Crippen LogP contribution in [0.2, 0.25) is 0 Å². The molecule has 0 heterocycles. The molecule has 12 heavy (non-hydrogen) atoms. The molecule has 0 bridgehead atoms. The Morgan fingerprint density at radius 3 is 2.75 bits per heavy atom. The Balaban J connectivity index is 3.28. The minimum Gasteiger partial charge on any atom is -0.750 e. The Kier molecular flexibility index (Phi) is 6.93. The van der Waals surface area contributed by atoms with Gasteiger partial charge in [0.1, 0.15) is 0 Å². The van der Waals surface area contributed by atoms with Crippen molar-refractivity contribution in [1.29, 1.82) is 0 Å². The molecule has 0 rings (SSSR count). The minimum atomic E-state index is -2.64. The molecule has 0 spiro atoms. The number of hydrogen-bond donors (Lipinski definition) is 0. The van der Waals surface area contributed by atoms with Crippen molar-refractivity contribution in [3.8, 4) is 0 Å². The van der Waals surface area contributed by atoms with Crippen LogP contribution in [0.3, 0.4) is 0 Å². The van der Waals surface area contributed by atoms with Gasteiger partial charge in [0.2, 0.25) is 0 Å². The van der Waals surface area contributed by atoms with Gasteiger partial charge >= 0.3 is 5.97 Å². The van der Waals surface area contributed by atoms with E-state index in [0.717, 1.165) is 12.8 Å². The summed E-state index contributed by atoms with van der Waals surface area (Å²) >= 11 is -2.64. The van der Waals surface area contributed by atoms with Gasteiger partial charge in [-0.05, 0) is 6.42 Å². The molecule has 72 valence electrons. The molecular weight excluding hydrogens is 184 g/mol. The second kappa shape index (κ2) is 7.20. The summed E-state index contributed by atoms with van der Waals surface area (Å²) in [4.78, 5) is 10.6. The number of rotatable bonds is 6. The quantitative estimate of drug-likeness (QED) is 0.342. The van der Waals surface area contributed by atoms with Crippen molar-refractivity contribution in [2.24, 2.45) is 0 Å². The van der Waals surface area contributed by atoms with Crippen LogP contribution in [-0.4, -0.2) is 27.9 Å². The van der Waals surface area contributed by atoms with Crippen LogP contribution in [0.5, 0.6) is 0 Å². The summed E-state index contributed by atoms with van der Waals surface area (Å²) in [6.07, 6.45) is 1.69. The molecule has 1 atom stereocenters. The molecule has 0 saturated heterocycles. The van der Waals surface area contributed by atoms with Crippen LogP contribution in [0.1, 0.15) is 19.8 Å². The summed E-state index contributed by atoms with van der Waals surface area (Å²) in [5.74, 6) is -0.660.